The van der Waals surface area contributed by atoms with Crippen molar-refractivity contribution in [2.24, 2.45) is 16.1 Å². The molecule has 1 fully saturated rings. The zero-order valence-corrected chi connectivity index (χ0v) is 7.75. The van der Waals surface area contributed by atoms with Crippen LogP contribution in [0.2, 0.25) is 0 Å². The standard InChI is InChI=1S/C10H13N3/c1-3-8(12)6-9(13-2)10(7-11)4-5-10/h3,6H,2,4-5,12H2,1H3/b8-3+,9-6-. The van der Waals surface area contributed by atoms with Gasteiger partial charge >= 0.3 is 0 Å². The number of allylic oxidation sites excluding steroid dienone is 3. The summed E-state index contributed by atoms with van der Waals surface area (Å²) in [6.45, 7) is 5.30. The van der Waals surface area contributed by atoms with Crippen molar-refractivity contribution in [3.8, 4) is 6.07 Å². The van der Waals surface area contributed by atoms with Crippen molar-refractivity contribution < 1.29 is 0 Å². The summed E-state index contributed by atoms with van der Waals surface area (Å²) in [7, 11) is 0. The zero-order chi connectivity index (χ0) is 9.90. The molecule has 0 aromatic heterocycles. The topological polar surface area (TPSA) is 62.2 Å². The highest BCUT2D eigenvalue weighted by Crippen LogP contribution is 2.51. The van der Waals surface area contributed by atoms with Gasteiger partial charge in [-0.05, 0) is 32.6 Å². The molecule has 3 heteroatoms. The quantitative estimate of drug-likeness (QED) is 0.524. The summed E-state index contributed by atoms with van der Waals surface area (Å²) in [6.07, 6.45) is 5.23. The third-order valence-corrected chi connectivity index (χ3v) is 2.26. The summed E-state index contributed by atoms with van der Waals surface area (Å²) >= 11 is 0. The second kappa shape index (κ2) is 3.44. The van der Waals surface area contributed by atoms with Gasteiger partial charge < -0.3 is 5.73 Å². The molecule has 1 aliphatic carbocycles. The fraction of sp³-hybridized carbons (Fsp3) is 0.400. The number of nitriles is 1. The van der Waals surface area contributed by atoms with Crippen LogP contribution in [-0.2, 0) is 0 Å². The summed E-state index contributed by atoms with van der Waals surface area (Å²) in [5, 5.41) is 8.90. The Morgan fingerprint density at radius 1 is 1.69 bits per heavy atom. The van der Waals surface area contributed by atoms with Crippen LogP contribution in [0, 0.1) is 16.7 Å². The molecule has 0 atom stereocenters. The minimum absolute atomic E-state index is 0.393. The highest BCUT2D eigenvalue weighted by atomic mass is 14.8. The Balaban J connectivity index is 2.93. The lowest BCUT2D eigenvalue weighted by Gasteiger charge is -2.05. The average Bonchev–Trinajstić information content (AvgIpc) is 2.94. The normalized spacial score (nSPS) is 20.6. The molecule has 0 bridgehead atoms. The Kier molecular flexibility index (Phi) is 2.52. The van der Waals surface area contributed by atoms with Crippen molar-refractivity contribution in [2.45, 2.75) is 19.8 Å². The third-order valence-electron chi connectivity index (χ3n) is 2.26. The summed E-state index contributed by atoms with van der Waals surface area (Å²) in [5.74, 6) is 0. The van der Waals surface area contributed by atoms with Crippen molar-refractivity contribution in [2.75, 3.05) is 0 Å². The van der Waals surface area contributed by atoms with E-state index in [2.05, 4.69) is 17.8 Å². The van der Waals surface area contributed by atoms with Gasteiger partial charge in [0.2, 0.25) is 0 Å². The number of nitrogens with zero attached hydrogens (tertiary/aromatic N) is 2. The van der Waals surface area contributed by atoms with Crippen LogP contribution < -0.4 is 5.73 Å². The minimum atomic E-state index is -0.393. The first-order chi connectivity index (χ1) is 6.18. The van der Waals surface area contributed by atoms with E-state index in [0.29, 0.717) is 11.4 Å². The highest BCUT2D eigenvalue weighted by molar-refractivity contribution is 5.40. The first-order valence-electron chi connectivity index (χ1n) is 4.20. The van der Waals surface area contributed by atoms with Gasteiger partial charge in [0.25, 0.3) is 0 Å². The number of hydrogen-bond donors (Lipinski definition) is 1. The molecule has 13 heavy (non-hydrogen) atoms. The monoisotopic (exact) mass is 175 g/mol. The van der Waals surface area contributed by atoms with Crippen LogP contribution in [0.15, 0.2) is 28.5 Å². The molecule has 1 aliphatic rings. The molecule has 0 amide bonds. The maximum absolute atomic E-state index is 8.90. The molecule has 3 nitrogen and oxygen atoms in total. The second-order valence-corrected chi connectivity index (χ2v) is 3.17. The largest absolute Gasteiger partial charge is 0.399 e. The maximum Gasteiger partial charge on any atom is 0.0994 e. The molecule has 1 saturated carbocycles. The Labute approximate surface area is 78.3 Å². The molecule has 0 saturated heterocycles. The lowest BCUT2D eigenvalue weighted by molar-refractivity contribution is 0.789. The number of nitrogens with two attached hydrogens (primary N) is 1. The van der Waals surface area contributed by atoms with Crippen molar-refractivity contribution in [3.05, 3.63) is 23.5 Å². The van der Waals surface area contributed by atoms with Crippen LogP contribution >= 0.6 is 0 Å². The third kappa shape index (κ3) is 1.78. The van der Waals surface area contributed by atoms with E-state index in [9.17, 15) is 0 Å². The first kappa shape index (κ1) is 9.53. The van der Waals surface area contributed by atoms with Crippen molar-refractivity contribution >= 4 is 6.72 Å². The van der Waals surface area contributed by atoms with Gasteiger partial charge in [-0.25, -0.2) is 0 Å². The summed E-state index contributed by atoms with van der Waals surface area (Å²) in [5.41, 5.74) is 6.55. The lowest BCUT2D eigenvalue weighted by Crippen LogP contribution is -2.02. The molecule has 68 valence electrons. The van der Waals surface area contributed by atoms with Gasteiger partial charge in [0, 0.05) is 5.70 Å². The Hall–Kier alpha value is -1.56. The minimum Gasteiger partial charge on any atom is -0.399 e. The van der Waals surface area contributed by atoms with Gasteiger partial charge in [0.1, 0.15) is 0 Å². The summed E-state index contributed by atoms with van der Waals surface area (Å²) < 4.78 is 0. The highest BCUT2D eigenvalue weighted by Gasteiger charge is 2.46. The van der Waals surface area contributed by atoms with Crippen LogP contribution in [0.1, 0.15) is 19.8 Å². The number of aliphatic imine (C=N–C) groups is 1. The van der Waals surface area contributed by atoms with Crippen molar-refractivity contribution in [3.63, 3.8) is 0 Å². The van der Waals surface area contributed by atoms with E-state index in [1.165, 1.54) is 0 Å². The fourth-order valence-corrected chi connectivity index (χ4v) is 1.13. The molecule has 0 spiro atoms. The number of rotatable bonds is 3. The van der Waals surface area contributed by atoms with Gasteiger partial charge in [-0.1, -0.05) is 6.08 Å². The second-order valence-electron chi connectivity index (χ2n) is 3.17. The summed E-state index contributed by atoms with van der Waals surface area (Å²) in [4.78, 5) is 3.85. The van der Waals surface area contributed by atoms with Gasteiger partial charge in [-0.2, -0.15) is 5.26 Å². The molecule has 0 radical (unpaired) electrons. The maximum atomic E-state index is 8.90. The van der Waals surface area contributed by atoms with E-state index in [1.807, 2.05) is 6.92 Å². The van der Waals surface area contributed by atoms with Crippen molar-refractivity contribution in [1.82, 2.24) is 0 Å². The molecule has 1 rings (SSSR count). The van der Waals surface area contributed by atoms with Gasteiger partial charge in [0.15, 0.2) is 0 Å². The van der Waals surface area contributed by atoms with Crippen LogP contribution in [0.25, 0.3) is 0 Å². The summed E-state index contributed by atoms with van der Waals surface area (Å²) in [6, 6.07) is 2.25. The molecule has 0 aliphatic heterocycles. The molecule has 0 aromatic carbocycles. The van der Waals surface area contributed by atoms with E-state index < -0.39 is 5.41 Å². The van der Waals surface area contributed by atoms with Gasteiger partial charge in [-0.15, -0.1) is 0 Å². The zero-order valence-electron chi connectivity index (χ0n) is 7.75. The van der Waals surface area contributed by atoms with Crippen LogP contribution in [0.3, 0.4) is 0 Å². The fourth-order valence-electron chi connectivity index (χ4n) is 1.13. The van der Waals surface area contributed by atoms with E-state index >= 15 is 0 Å². The Bertz CT molecular complexity index is 314. The average molecular weight is 175 g/mol. The van der Waals surface area contributed by atoms with E-state index in [0.717, 1.165) is 12.8 Å². The Morgan fingerprint density at radius 2 is 2.31 bits per heavy atom. The van der Waals surface area contributed by atoms with E-state index in [4.69, 9.17) is 11.0 Å². The smallest absolute Gasteiger partial charge is 0.0994 e. The van der Waals surface area contributed by atoms with Crippen LogP contribution in [-0.4, -0.2) is 6.72 Å². The van der Waals surface area contributed by atoms with Gasteiger partial charge in [0.05, 0.1) is 17.2 Å². The van der Waals surface area contributed by atoms with E-state index in [-0.39, 0.29) is 0 Å². The molecular weight excluding hydrogens is 162 g/mol. The molecule has 0 heterocycles. The molecule has 2 N–H and O–H groups in total. The lowest BCUT2D eigenvalue weighted by atomic mass is 10.0. The molecule has 0 aromatic rings. The first-order valence-corrected chi connectivity index (χ1v) is 4.20. The number of hydrogen-bond acceptors (Lipinski definition) is 3. The van der Waals surface area contributed by atoms with E-state index in [1.54, 1.807) is 12.2 Å². The predicted octanol–water partition coefficient (Wildman–Crippen LogP) is 1.74. The molecular formula is C10H13N3. The van der Waals surface area contributed by atoms with Crippen LogP contribution in [0.4, 0.5) is 0 Å². The molecule has 0 unspecified atom stereocenters. The van der Waals surface area contributed by atoms with Gasteiger partial charge in [-0.3, -0.25) is 4.99 Å². The Morgan fingerprint density at radius 3 is 2.62 bits per heavy atom. The van der Waals surface area contributed by atoms with Crippen LogP contribution in [0.5, 0.6) is 0 Å². The van der Waals surface area contributed by atoms with Crippen molar-refractivity contribution in [1.29, 1.82) is 5.26 Å². The SMILES string of the molecule is C=N/C(=C\C(N)=C/C)C1(C#N)CC1. The predicted molar refractivity (Wildman–Crippen MR) is 52.9 cm³/mol.